The smallest absolute Gasteiger partial charge is 0.369 e. The molecule has 1 saturated heterocycles. The number of hydrogen-bond donors (Lipinski definition) is 0. The highest BCUT2D eigenvalue weighted by atomic mass is 35.5. The molecule has 0 aliphatic carbocycles. The maximum Gasteiger partial charge on any atom is 0.416 e. The number of hydrogen-bond acceptors (Lipinski definition) is 3. The third kappa shape index (κ3) is 3.38. The minimum Gasteiger partial charge on any atom is -0.369 e. The van der Waals surface area contributed by atoms with Crippen LogP contribution in [0, 0.1) is 0 Å². The van der Waals surface area contributed by atoms with Gasteiger partial charge in [0.05, 0.1) is 17.1 Å². The van der Waals surface area contributed by atoms with Crippen LogP contribution in [-0.4, -0.2) is 33.0 Å². The third-order valence-electron chi connectivity index (χ3n) is 3.25. The molecule has 1 aromatic rings. The Hall–Kier alpha value is -0.950. The molecule has 0 spiro atoms. The fourth-order valence-corrected chi connectivity index (χ4v) is 3.55. The number of benzene rings is 1. The average Bonchev–Trinajstić information content (AvgIpc) is 2.37. The van der Waals surface area contributed by atoms with Gasteiger partial charge in [0.15, 0.2) is 9.84 Å². The Morgan fingerprint density at radius 1 is 1.20 bits per heavy atom. The molecule has 0 unspecified atom stereocenters. The van der Waals surface area contributed by atoms with E-state index in [1.54, 1.807) is 11.0 Å². The molecule has 3 nitrogen and oxygen atoms in total. The van der Waals surface area contributed by atoms with E-state index in [1.807, 2.05) is 0 Å². The molecule has 0 atom stereocenters. The van der Waals surface area contributed by atoms with Gasteiger partial charge in [-0.05, 0) is 17.7 Å². The molecule has 1 aliphatic rings. The fourth-order valence-electron chi connectivity index (χ4n) is 2.11. The lowest BCUT2D eigenvalue weighted by Gasteiger charge is -2.29. The van der Waals surface area contributed by atoms with Crippen LogP contribution >= 0.6 is 11.6 Å². The molecule has 1 aliphatic heterocycles. The van der Waals surface area contributed by atoms with Gasteiger partial charge < -0.3 is 4.90 Å². The van der Waals surface area contributed by atoms with Gasteiger partial charge in [-0.2, -0.15) is 13.2 Å². The lowest BCUT2D eigenvalue weighted by Crippen LogP contribution is -2.40. The molecule has 0 N–H and O–H groups in total. The minimum atomic E-state index is -4.47. The van der Waals surface area contributed by atoms with Crippen molar-refractivity contribution in [3.05, 3.63) is 29.3 Å². The molecule has 2 rings (SSSR count). The van der Waals surface area contributed by atoms with E-state index in [0.29, 0.717) is 5.69 Å². The van der Waals surface area contributed by atoms with Crippen molar-refractivity contribution in [3.63, 3.8) is 0 Å². The largest absolute Gasteiger partial charge is 0.416 e. The Labute approximate surface area is 120 Å². The standard InChI is InChI=1S/C12H13ClF3NO2S/c13-8-9-1-2-10(7-11(9)12(14,15)16)17-3-5-20(18,19)6-4-17/h1-2,7H,3-6,8H2. The van der Waals surface area contributed by atoms with E-state index in [4.69, 9.17) is 11.6 Å². The van der Waals surface area contributed by atoms with Gasteiger partial charge in [-0.25, -0.2) is 8.42 Å². The van der Waals surface area contributed by atoms with Gasteiger partial charge in [0, 0.05) is 24.7 Å². The van der Waals surface area contributed by atoms with Gasteiger partial charge in [0.2, 0.25) is 0 Å². The maximum absolute atomic E-state index is 12.9. The highest BCUT2D eigenvalue weighted by molar-refractivity contribution is 7.91. The predicted octanol–water partition coefficient (Wildman–Crippen LogP) is 2.68. The van der Waals surface area contributed by atoms with Gasteiger partial charge in [-0.1, -0.05) is 6.07 Å². The Balaban J connectivity index is 2.30. The number of rotatable bonds is 2. The van der Waals surface area contributed by atoms with Crippen LogP contribution in [0.15, 0.2) is 18.2 Å². The Morgan fingerprint density at radius 3 is 2.30 bits per heavy atom. The number of alkyl halides is 4. The number of anilines is 1. The summed E-state index contributed by atoms with van der Waals surface area (Å²) >= 11 is 5.52. The van der Waals surface area contributed by atoms with Crippen molar-refractivity contribution in [1.29, 1.82) is 0 Å². The molecule has 0 aromatic heterocycles. The molecular formula is C12H13ClF3NO2S. The van der Waals surface area contributed by atoms with Crippen molar-refractivity contribution < 1.29 is 21.6 Å². The van der Waals surface area contributed by atoms with Crippen LogP contribution in [0.4, 0.5) is 18.9 Å². The molecule has 8 heteroatoms. The van der Waals surface area contributed by atoms with Gasteiger partial charge in [0.1, 0.15) is 0 Å². The molecule has 0 bridgehead atoms. The van der Waals surface area contributed by atoms with Crippen LogP contribution in [0.25, 0.3) is 0 Å². The second-order valence-corrected chi connectivity index (χ2v) is 7.18. The summed E-state index contributed by atoms with van der Waals surface area (Å²) in [7, 11) is -3.06. The lowest BCUT2D eigenvalue weighted by atomic mass is 10.1. The van der Waals surface area contributed by atoms with Crippen molar-refractivity contribution in [2.45, 2.75) is 12.1 Å². The molecule has 20 heavy (non-hydrogen) atoms. The van der Waals surface area contributed by atoms with Crippen LogP contribution in [-0.2, 0) is 21.9 Å². The van der Waals surface area contributed by atoms with E-state index in [2.05, 4.69) is 0 Å². The summed E-state index contributed by atoms with van der Waals surface area (Å²) in [5.41, 5.74) is -0.368. The zero-order chi connectivity index (χ0) is 15.0. The highest BCUT2D eigenvalue weighted by Crippen LogP contribution is 2.35. The highest BCUT2D eigenvalue weighted by Gasteiger charge is 2.34. The first-order chi connectivity index (χ1) is 9.23. The zero-order valence-electron chi connectivity index (χ0n) is 10.5. The first-order valence-corrected chi connectivity index (χ1v) is 8.30. The average molecular weight is 328 g/mol. The number of nitrogens with zero attached hydrogens (tertiary/aromatic N) is 1. The first-order valence-electron chi connectivity index (χ1n) is 5.94. The first kappa shape index (κ1) is 15.4. The van der Waals surface area contributed by atoms with E-state index < -0.39 is 21.6 Å². The van der Waals surface area contributed by atoms with Crippen LogP contribution in [0.1, 0.15) is 11.1 Å². The van der Waals surface area contributed by atoms with Crippen molar-refractivity contribution in [1.82, 2.24) is 0 Å². The van der Waals surface area contributed by atoms with Crippen LogP contribution < -0.4 is 4.90 Å². The quantitative estimate of drug-likeness (QED) is 0.784. The molecule has 0 radical (unpaired) electrons. The second-order valence-electron chi connectivity index (χ2n) is 4.61. The molecule has 0 amide bonds. The zero-order valence-corrected chi connectivity index (χ0v) is 12.0. The van der Waals surface area contributed by atoms with Crippen LogP contribution in [0.3, 0.4) is 0 Å². The van der Waals surface area contributed by atoms with E-state index in [-0.39, 0.29) is 36.0 Å². The van der Waals surface area contributed by atoms with Gasteiger partial charge >= 0.3 is 6.18 Å². The summed E-state index contributed by atoms with van der Waals surface area (Å²) in [6, 6.07) is 3.93. The SMILES string of the molecule is O=S1(=O)CCN(c2ccc(CCl)c(C(F)(F)F)c2)CC1. The van der Waals surface area contributed by atoms with Crippen LogP contribution in [0.2, 0.25) is 0 Å². The lowest BCUT2D eigenvalue weighted by molar-refractivity contribution is -0.138. The summed E-state index contributed by atoms with van der Waals surface area (Å²) in [6.45, 7) is 0.416. The summed E-state index contributed by atoms with van der Waals surface area (Å²) < 4.78 is 61.5. The summed E-state index contributed by atoms with van der Waals surface area (Å²) in [4.78, 5) is 1.65. The monoisotopic (exact) mass is 327 g/mol. The fraction of sp³-hybridized carbons (Fsp3) is 0.500. The second kappa shape index (κ2) is 5.44. The number of halogens is 4. The Bertz CT molecular complexity index is 587. The van der Waals surface area contributed by atoms with Crippen LogP contribution in [0.5, 0.6) is 0 Å². The molecule has 1 heterocycles. The van der Waals surface area contributed by atoms with Crippen molar-refractivity contribution in [2.24, 2.45) is 0 Å². The summed E-state index contributed by atoms with van der Waals surface area (Å²) in [5.74, 6) is -0.291. The van der Waals surface area contributed by atoms with Crippen molar-refractivity contribution in [2.75, 3.05) is 29.5 Å². The molecule has 1 aromatic carbocycles. The molecule has 112 valence electrons. The third-order valence-corrected chi connectivity index (χ3v) is 5.15. The number of sulfone groups is 1. The molecule has 0 saturated carbocycles. The molecule has 1 fully saturated rings. The van der Waals surface area contributed by atoms with E-state index >= 15 is 0 Å². The Kier molecular flexibility index (Phi) is 4.20. The maximum atomic E-state index is 12.9. The Morgan fingerprint density at radius 2 is 1.80 bits per heavy atom. The van der Waals surface area contributed by atoms with Crippen molar-refractivity contribution in [3.8, 4) is 0 Å². The predicted molar refractivity (Wildman–Crippen MR) is 71.9 cm³/mol. The van der Waals surface area contributed by atoms with Gasteiger partial charge in [0.25, 0.3) is 0 Å². The van der Waals surface area contributed by atoms with E-state index in [1.165, 1.54) is 6.07 Å². The van der Waals surface area contributed by atoms with Crippen molar-refractivity contribution >= 4 is 27.1 Å². The normalized spacial score (nSPS) is 19.1. The molecular weight excluding hydrogens is 315 g/mol. The van der Waals surface area contributed by atoms with Gasteiger partial charge in [-0.3, -0.25) is 0 Å². The van der Waals surface area contributed by atoms with E-state index in [9.17, 15) is 21.6 Å². The van der Waals surface area contributed by atoms with Gasteiger partial charge in [-0.15, -0.1) is 11.6 Å². The summed E-state index contributed by atoms with van der Waals surface area (Å²) in [5, 5.41) is 0. The topological polar surface area (TPSA) is 37.4 Å². The minimum absolute atomic E-state index is 0.0209. The summed E-state index contributed by atoms with van der Waals surface area (Å²) in [6.07, 6.45) is -4.47. The van der Waals surface area contributed by atoms with E-state index in [0.717, 1.165) is 6.07 Å².